The van der Waals surface area contributed by atoms with Crippen molar-refractivity contribution in [2.45, 2.75) is 31.0 Å². The highest BCUT2D eigenvalue weighted by molar-refractivity contribution is 7.89. The van der Waals surface area contributed by atoms with E-state index < -0.39 is 20.9 Å². The zero-order chi connectivity index (χ0) is 22.1. The maximum Gasteiger partial charge on any atom is 0.292 e. The van der Waals surface area contributed by atoms with Crippen molar-refractivity contribution in [2.75, 3.05) is 18.4 Å². The molecule has 1 aliphatic heterocycles. The second-order valence-electron chi connectivity index (χ2n) is 6.95. The van der Waals surface area contributed by atoms with E-state index in [0.717, 1.165) is 0 Å². The van der Waals surface area contributed by atoms with Gasteiger partial charge in [-0.1, -0.05) is 23.7 Å². The molecule has 0 aliphatic carbocycles. The van der Waals surface area contributed by atoms with Crippen LogP contribution < -0.4 is 5.32 Å². The number of benzene rings is 2. The summed E-state index contributed by atoms with van der Waals surface area (Å²) in [6.07, 6.45) is -0.533. The lowest BCUT2D eigenvalue weighted by Crippen LogP contribution is -2.48. The largest absolute Gasteiger partial charge is 0.373 e. The lowest BCUT2D eigenvalue weighted by molar-refractivity contribution is -0.383. The third-order valence-electron chi connectivity index (χ3n) is 4.56. The van der Waals surface area contributed by atoms with Crippen LogP contribution in [0.25, 0.3) is 0 Å². The van der Waals surface area contributed by atoms with Crippen LogP contribution in [0.4, 0.5) is 11.4 Å². The minimum absolute atomic E-state index is 0.0207. The Morgan fingerprint density at radius 3 is 2.47 bits per heavy atom. The summed E-state index contributed by atoms with van der Waals surface area (Å²) in [4.78, 5) is 23.2. The molecular formula is C19H20ClN3O6S. The normalized spacial score (nSPS) is 20.0. The summed E-state index contributed by atoms with van der Waals surface area (Å²) in [5.41, 5.74) is -0.417. The summed E-state index contributed by atoms with van der Waals surface area (Å²) in [7, 11) is -3.89. The third kappa shape index (κ3) is 4.62. The summed E-state index contributed by atoms with van der Waals surface area (Å²) in [6.45, 7) is 3.94. The van der Waals surface area contributed by atoms with Gasteiger partial charge in [0.2, 0.25) is 10.0 Å². The summed E-state index contributed by atoms with van der Waals surface area (Å²) in [6, 6.07) is 9.44. The summed E-state index contributed by atoms with van der Waals surface area (Å²) < 4.78 is 33.0. The first kappa shape index (κ1) is 22.2. The number of amides is 1. The fourth-order valence-electron chi connectivity index (χ4n) is 3.24. The number of nitrogens with one attached hydrogen (secondary N) is 1. The van der Waals surface area contributed by atoms with Crippen molar-refractivity contribution in [3.63, 3.8) is 0 Å². The molecular weight excluding hydrogens is 434 g/mol. The van der Waals surface area contributed by atoms with Crippen molar-refractivity contribution in [3.05, 3.63) is 63.2 Å². The van der Waals surface area contributed by atoms with E-state index in [1.165, 1.54) is 46.8 Å². The standard InChI is InChI=1S/C19H20ClN3O6S/c1-12-10-22(11-13(2)29-12)30(27,28)14-7-8-16(20)15(9-14)19(24)21-17-5-3-4-6-18(17)23(25)26/h3-9,12-13H,10-11H2,1-2H3,(H,21,24). The number of sulfonamides is 1. The van der Waals surface area contributed by atoms with Gasteiger partial charge in [-0.15, -0.1) is 0 Å². The van der Waals surface area contributed by atoms with Crippen LogP contribution in [-0.2, 0) is 14.8 Å². The number of carbonyl (C=O) groups excluding carboxylic acids is 1. The minimum atomic E-state index is -3.89. The van der Waals surface area contributed by atoms with Gasteiger partial charge in [0.25, 0.3) is 11.6 Å². The minimum Gasteiger partial charge on any atom is -0.373 e. The van der Waals surface area contributed by atoms with Crippen LogP contribution in [-0.4, -0.2) is 48.9 Å². The molecule has 1 heterocycles. The van der Waals surface area contributed by atoms with E-state index in [4.69, 9.17) is 16.3 Å². The SMILES string of the molecule is CC1CN(S(=O)(=O)c2ccc(Cl)c(C(=O)Nc3ccccc3[N+](=O)[O-])c2)CC(C)O1. The predicted octanol–water partition coefficient (Wildman–Crippen LogP) is 3.30. The number of nitro benzene ring substituents is 1. The third-order valence-corrected chi connectivity index (χ3v) is 6.71. The molecule has 1 fully saturated rings. The second-order valence-corrected chi connectivity index (χ2v) is 9.29. The Labute approximate surface area is 178 Å². The highest BCUT2D eigenvalue weighted by atomic mass is 35.5. The molecule has 0 spiro atoms. The van der Waals surface area contributed by atoms with E-state index in [-0.39, 0.29) is 52.2 Å². The van der Waals surface area contributed by atoms with E-state index in [0.29, 0.717) is 0 Å². The number of halogens is 1. The van der Waals surface area contributed by atoms with Gasteiger partial charge in [0, 0.05) is 19.2 Å². The van der Waals surface area contributed by atoms with Gasteiger partial charge in [0.05, 0.1) is 32.6 Å². The molecule has 9 nitrogen and oxygen atoms in total. The molecule has 2 aromatic rings. The highest BCUT2D eigenvalue weighted by Crippen LogP contribution is 2.28. The molecule has 0 bridgehead atoms. The smallest absolute Gasteiger partial charge is 0.292 e. The van der Waals surface area contributed by atoms with Gasteiger partial charge in [-0.2, -0.15) is 4.31 Å². The highest BCUT2D eigenvalue weighted by Gasteiger charge is 2.33. The Hall–Kier alpha value is -2.53. The molecule has 2 aromatic carbocycles. The van der Waals surface area contributed by atoms with E-state index in [1.807, 2.05) is 0 Å². The van der Waals surface area contributed by atoms with Gasteiger partial charge in [0.15, 0.2) is 0 Å². The first-order valence-corrected chi connectivity index (χ1v) is 10.9. The second kappa shape index (κ2) is 8.68. The molecule has 1 N–H and O–H groups in total. The molecule has 0 radical (unpaired) electrons. The monoisotopic (exact) mass is 453 g/mol. The van der Waals surface area contributed by atoms with Crippen LogP contribution in [0.15, 0.2) is 47.4 Å². The zero-order valence-electron chi connectivity index (χ0n) is 16.2. The molecule has 2 atom stereocenters. The van der Waals surface area contributed by atoms with Crippen LogP contribution >= 0.6 is 11.6 Å². The number of morpholine rings is 1. The molecule has 0 saturated carbocycles. The molecule has 11 heteroatoms. The Kier molecular flexibility index (Phi) is 6.41. The molecule has 2 unspecified atom stereocenters. The molecule has 30 heavy (non-hydrogen) atoms. The van der Waals surface area contributed by atoms with Crippen molar-refractivity contribution in [3.8, 4) is 0 Å². The Bertz CT molecular complexity index is 1080. The van der Waals surface area contributed by atoms with Gasteiger partial charge < -0.3 is 10.1 Å². The van der Waals surface area contributed by atoms with E-state index in [2.05, 4.69) is 5.32 Å². The number of hydrogen-bond donors (Lipinski definition) is 1. The Morgan fingerprint density at radius 1 is 1.20 bits per heavy atom. The molecule has 3 rings (SSSR count). The van der Waals surface area contributed by atoms with Gasteiger partial charge >= 0.3 is 0 Å². The number of hydrogen-bond acceptors (Lipinski definition) is 6. The molecule has 1 amide bonds. The topological polar surface area (TPSA) is 119 Å². The predicted molar refractivity (Wildman–Crippen MR) is 111 cm³/mol. The van der Waals surface area contributed by atoms with Crippen LogP contribution in [0.3, 0.4) is 0 Å². The summed E-state index contributed by atoms with van der Waals surface area (Å²) >= 11 is 6.12. The van der Waals surface area contributed by atoms with Crippen molar-refractivity contribution < 1.29 is 22.9 Å². The fraction of sp³-hybridized carbons (Fsp3) is 0.316. The quantitative estimate of drug-likeness (QED) is 0.548. The van der Waals surface area contributed by atoms with E-state index in [9.17, 15) is 23.3 Å². The average molecular weight is 454 g/mol. The fourth-order valence-corrected chi connectivity index (χ4v) is 5.06. The average Bonchev–Trinajstić information content (AvgIpc) is 2.67. The number of carbonyl (C=O) groups is 1. The molecule has 1 saturated heterocycles. The molecule has 1 aliphatic rings. The van der Waals surface area contributed by atoms with Gasteiger partial charge in [-0.3, -0.25) is 14.9 Å². The zero-order valence-corrected chi connectivity index (χ0v) is 17.8. The van der Waals surface area contributed by atoms with Crippen molar-refractivity contribution >= 4 is 38.9 Å². The van der Waals surface area contributed by atoms with Gasteiger partial charge in [-0.05, 0) is 38.1 Å². The Balaban J connectivity index is 1.92. The number of ether oxygens (including phenoxy) is 1. The van der Waals surface area contributed by atoms with Crippen molar-refractivity contribution in [2.24, 2.45) is 0 Å². The number of para-hydroxylation sites is 2. The van der Waals surface area contributed by atoms with Gasteiger partial charge in [-0.25, -0.2) is 8.42 Å². The number of nitro groups is 1. The first-order chi connectivity index (χ1) is 14.1. The van der Waals surface area contributed by atoms with E-state index in [1.54, 1.807) is 13.8 Å². The van der Waals surface area contributed by atoms with Gasteiger partial charge in [0.1, 0.15) is 5.69 Å². The van der Waals surface area contributed by atoms with Crippen molar-refractivity contribution in [1.82, 2.24) is 4.31 Å². The first-order valence-electron chi connectivity index (χ1n) is 9.09. The van der Waals surface area contributed by atoms with Crippen LogP contribution in [0, 0.1) is 10.1 Å². The molecule has 160 valence electrons. The molecule has 0 aromatic heterocycles. The maximum absolute atomic E-state index is 13.1. The Morgan fingerprint density at radius 2 is 1.83 bits per heavy atom. The number of anilines is 1. The summed E-state index contributed by atoms with van der Waals surface area (Å²) in [5, 5.41) is 13.6. The number of rotatable bonds is 5. The number of nitrogens with zero attached hydrogens (tertiary/aromatic N) is 2. The lowest BCUT2D eigenvalue weighted by Gasteiger charge is -2.34. The van der Waals surface area contributed by atoms with Crippen LogP contribution in [0.1, 0.15) is 24.2 Å². The maximum atomic E-state index is 13.1. The van der Waals surface area contributed by atoms with Crippen LogP contribution in [0.5, 0.6) is 0 Å². The summed E-state index contributed by atoms with van der Waals surface area (Å²) in [5.74, 6) is -0.755. The van der Waals surface area contributed by atoms with Crippen molar-refractivity contribution in [1.29, 1.82) is 0 Å². The lowest BCUT2D eigenvalue weighted by atomic mass is 10.2. The van der Waals surface area contributed by atoms with E-state index >= 15 is 0 Å². The van der Waals surface area contributed by atoms with Crippen LogP contribution in [0.2, 0.25) is 5.02 Å².